The Morgan fingerprint density at radius 3 is 2.74 bits per heavy atom. The van der Waals surface area contributed by atoms with Crippen LogP contribution in [0.25, 0.3) is 0 Å². The van der Waals surface area contributed by atoms with E-state index in [1.165, 1.54) is 49.7 Å². The number of nitrogens with one attached hydrogen (secondary N) is 1. The summed E-state index contributed by atoms with van der Waals surface area (Å²) < 4.78 is 0. The summed E-state index contributed by atoms with van der Waals surface area (Å²) in [5.74, 6) is 0. The van der Waals surface area contributed by atoms with E-state index in [0.717, 1.165) is 6.54 Å². The maximum Gasteiger partial charge on any atom is 0.0360 e. The molecule has 0 saturated heterocycles. The Hall–Kier alpha value is -1.08. The lowest BCUT2D eigenvalue weighted by molar-refractivity contribution is 0.510. The van der Waals surface area contributed by atoms with E-state index in [9.17, 15) is 0 Å². The van der Waals surface area contributed by atoms with Crippen LogP contribution in [-0.2, 0) is 0 Å². The molecule has 1 N–H and O–H groups in total. The predicted molar refractivity (Wildman–Crippen MR) is 83.4 cm³/mol. The molecule has 0 amide bonds. The minimum atomic E-state index is 0.491. The molecule has 104 valence electrons. The van der Waals surface area contributed by atoms with Crippen molar-refractivity contribution in [1.82, 2.24) is 5.32 Å². The van der Waals surface area contributed by atoms with E-state index in [1.807, 2.05) is 0 Å². The third-order valence-electron chi connectivity index (χ3n) is 4.06. The zero-order valence-corrected chi connectivity index (χ0v) is 12.4. The standard InChI is InChI=1S/C18H27N/c1-3-13-19-18(14-16-10-5-4-6-11-16)17-12-8-7-9-15(17)2/h7-10,12,18-19H,3-6,11,13-14H2,1-2H3. The molecule has 1 unspecified atom stereocenters. The summed E-state index contributed by atoms with van der Waals surface area (Å²) in [5.41, 5.74) is 4.54. The van der Waals surface area contributed by atoms with Gasteiger partial charge in [-0.2, -0.15) is 0 Å². The first kappa shape index (κ1) is 14.3. The second kappa shape index (κ2) is 7.49. The molecule has 1 heteroatoms. The molecule has 0 bridgehead atoms. The van der Waals surface area contributed by atoms with Crippen molar-refractivity contribution >= 4 is 0 Å². The van der Waals surface area contributed by atoms with Gasteiger partial charge in [0.2, 0.25) is 0 Å². The molecule has 1 atom stereocenters. The van der Waals surface area contributed by atoms with Crippen molar-refractivity contribution in [2.24, 2.45) is 0 Å². The number of hydrogen-bond donors (Lipinski definition) is 1. The third kappa shape index (κ3) is 4.21. The lowest BCUT2D eigenvalue weighted by atomic mass is 9.90. The molecule has 1 nitrogen and oxygen atoms in total. The maximum absolute atomic E-state index is 3.73. The van der Waals surface area contributed by atoms with Gasteiger partial charge in [-0.15, -0.1) is 0 Å². The van der Waals surface area contributed by atoms with E-state index >= 15 is 0 Å². The second-order valence-electron chi connectivity index (χ2n) is 5.68. The molecule has 1 aromatic carbocycles. The average molecular weight is 257 g/mol. The molecule has 0 aromatic heterocycles. The minimum absolute atomic E-state index is 0.491. The third-order valence-corrected chi connectivity index (χ3v) is 4.06. The Labute approximate surface area is 118 Å². The Morgan fingerprint density at radius 1 is 1.21 bits per heavy atom. The molecular weight excluding hydrogens is 230 g/mol. The van der Waals surface area contributed by atoms with Crippen molar-refractivity contribution in [2.75, 3.05) is 6.54 Å². The van der Waals surface area contributed by atoms with Gasteiger partial charge < -0.3 is 5.32 Å². The zero-order valence-electron chi connectivity index (χ0n) is 12.4. The highest BCUT2D eigenvalue weighted by Crippen LogP contribution is 2.29. The Bertz CT molecular complexity index is 419. The molecule has 2 rings (SSSR count). The zero-order chi connectivity index (χ0) is 13.5. The SMILES string of the molecule is CCCNC(CC1=CCCCC1)c1ccccc1C. The van der Waals surface area contributed by atoms with Gasteiger partial charge in [-0.1, -0.05) is 42.8 Å². The number of aryl methyl sites for hydroxylation is 1. The number of hydrogen-bond acceptors (Lipinski definition) is 1. The first-order valence-electron chi connectivity index (χ1n) is 7.78. The van der Waals surface area contributed by atoms with E-state index in [4.69, 9.17) is 0 Å². The topological polar surface area (TPSA) is 12.0 Å². The molecule has 1 aromatic rings. The van der Waals surface area contributed by atoms with Gasteiger partial charge in [-0.3, -0.25) is 0 Å². The smallest absolute Gasteiger partial charge is 0.0360 e. The summed E-state index contributed by atoms with van der Waals surface area (Å²) in [6.07, 6.45) is 10.2. The van der Waals surface area contributed by atoms with E-state index in [0.29, 0.717) is 6.04 Å². The second-order valence-corrected chi connectivity index (χ2v) is 5.68. The summed E-state index contributed by atoms with van der Waals surface area (Å²) >= 11 is 0. The molecule has 0 fully saturated rings. The van der Waals surface area contributed by atoms with Crippen molar-refractivity contribution in [3.05, 3.63) is 47.0 Å². The largest absolute Gasteiger partial charge is 0.310 e. The van der Waals surface area contributed by atoms with Crippen LogP contribution in [0.3, 0.4) is 0 Å². The van der Waals surface area contributed by atoms with Gasteiger partial charge in [0.1, 0.15) is 0 Å². The summed E-state index contributed by atoms with van der Waals surface area (Å²) in [6, 6.07) is 9.30. The van der Waals surface area contributed by atoms with Crippen molar-refractivity contribution in [3.8, 4) is 0 Å². The summed E-state index contributed by atoms with van der Waals surface area (Å²) in [7, 11) is 0. The van der Waals surface area contributed by atoms with Crippen molar-refractivity contribution in [2.45, 2.75) is 58.4 Å². The monoisotopic (exact) mass is 257 g/mol. The Morgan fingerprint density at radius 2 is 2.05 bits per heavy atom. The van der Waals surface area contributed by atoms with Crippen LogP contribution in [0.5, 0.6) is 0 Å². The molecule has 1 aliphatic rings. The minimum Gasteiger partial charge on any atom is -0.310 e. The van der Waals surface area contributed by atoms with E-state index in [-0.39, 0.29) is 0 Å². The molecule has 0 saturated carbocycles. The van der Waals surface area contributed by atoms with Gasteiger partial charge in [0.15, 0.2) is 0 Å². The van der Waals surface area contributed by atoms with Gasteiger partial charge >= 0.3 is 0 Å². The Balaban J connectivity index is 2.11. The van der Waals surface area contributed by atoms with Gasteiger partial charge in [0.25, 0.3) is 0 Å². The first-order chi connectivity index (χ1) is 9.31. The molecule has 0 spiro atoms. The lowest BCUT2D eigenvalue weighted by Gasteiger charge is -2.24. The highest BCUT2D eigenvalue weighted by atomic mass is 14.9. The van der Waals surface area contributed by atoms with Crippen molar-refractivity contribution in [3.63, 3.8) is 0 Å². The van der Waals surface area contributed by atoms with Crippen LogP contribution in [0.4, 0.5) is 0 Å². The van der Waals surface area contributed by atoms with Crippen molar-refractivity contribution in [1.29, 1.82) is 0 Å². The van der Waals surface area contributed by atoms with Gasteiger partial charge in [0.05, 0.1) is 0 Å². The molecule has 0 radical (unpaired) electrons. The van der Waals surface area contributed by atoms with Crippen LogP contribution < -0.4 is 5.32 Å². The van der Waals surface area contributed by atoms with Gasteiger partial charge in [-0.25, -0.2) is 0 Å². The maximum atomic E-state index is 3.73. The fraction of sp³-hybridized carbons (Fsp3) is 0.556. The van der Waals surface area contributed by atoms with E-state index in [2.05, 4.69) is 49.5 Å². The summed E-state index contributed by atoms with van der Waals surface area (Å²) in [5, 5.41) is 3.73. The average Bonchev–Trinajstić information content (AvgIpc) is 2.45. The summed E-state index contributed by atoms with van der Waals surface area (Å²) in [4.78, 5) is 0. The molecule has 19 heavy (non-hydrogen) atoms. The highest BCUT2D eigenvalue weighted by Gasteiger charge is 2.15. The van der Waals surface area contributed by atoms with Gasteiger partial charge in [0, 0.05) is 6.04 Å². The highest BCUT2D eigenvalue weighted by molar-refractivity contribution is 5.30. The molecular formula is C18H27N. The van der Waals surface area contributed by atoms with Crippen molar-refractivity contribution < 1.29 is 0 Å². The van der Waals surface area contributed by atoms with Crippen LogP contribution in [0.1, 0.15) is 62.6 Å². The van der Waals surface area contributed by atoms with Crippen LogP contribution in [0, 0.1) is 6.92 Å². The van der Waals surface area contributed by atoms with Crippen LogP contribution in [-0.4, -0.2) is 6.54 Å². The predicted octanol–water partition coefficient (Wildman–Crippen LogP) is 4.93. The van der Waals surface area contributed by atoms with Crippen LogP contribution >= 0.6 is 0 Å². The number of allylic oxidation sites excluding steroid dienone is 1. The fourth-order valence-corrected chi connectivity index (χ4v) is 2.94. The van der Waals surface area contributed by atoms with Crippen LogP contribution in [0.15, 0.2) is 35.9 Å². The summed E-state index contributed by atoms with van der Waals surface area (Å²) in [6.45, 7) is 5.57. The first-order valence-corrected chi connectivity index (χ1v) is 7.78. The Kier molecular flexibility index (Phi) is 5.65. The number of benzene rings is 1. The lowest BCUT2D eigenvalue weighted by Crippen LogP contribution is -2.23. The fourth-order valence-electron chi connectivity index (χ4n) is 2.94. The van der Waals surface area contributed by atoms with E-state index in [1.54, 1.807) is 5.57 Å². The molecule has 0 heterocycles. The van der Waals surface area contributed by atoms with Gasteiger partial charge in [-0.05, 0) is 63.1 Å². The number of rotatable bonds is 6. The quantitative estimate of drug-likeness (QED) is 0.713. The van der Waals surface area contributed by atoms with Crippen LogP contribution in [0.2, 0.25) is 0 Å². The molecule has 1 aliphatic carbocycles. The molecule has 0 aliphatic heterocycles. The normalized spacial score (nSPS) is 17.1. The van der Waals surface area contributed by atoms with E-state index < -0.39 is 0 Å².